The summed E-state index contributed by atoms with van der Waals surface area (Å²) in [6.07, 6.45) is 2.18. The first-order chi connectivity index (χ1) is 9.56. The molecule has 1 aromatic heterocycles. The average Bonchev–Trinajstić information content (AvgIpc) is 2.81. The summed E-state index contributed by atoms with van der Waals surface area (Å²) in [6, 6.07) is 4.03. The number of carbonyl (C=O) groups is 3. The maximum absolute atomic E-state index is 11.9. The maximum atomic E-state index is 11.9. The van der Waals surface area contributed by atoms with E-state index in [-0.39, 0.29) is 17.9 Å². The molecule has 20 heavy (non-hydrogen) atoms. The number of carboxylic acid groups (broad SMARTS) is 1. The van der Waals surface area contributed by atoms with E-state index in [2.05, 4.69) is 10.4 Å². The Hall–Kier alpha value is -2.70. The third kappa shape index (κ3) is 1.93. The van der Waals surface area contributed by atoms with Crippen molar-refractivity contribution >= 4 is 28.7 Å². The number of amides is 2. The lowest BCUT2D eigenvalue weighted by atomic mass is 10.1. The van der Waals surface area contributed by atoms with Gasteiger partial charge in [-0.1, -0.05) is 6.07 Å². The minimum atomic E-state index is -1.04. The van der Waals surface area contributed by atoms with E-state index >= 15 is 0 Å². The van der Waals surface area contributed by atoms with Gasteiger partial charge in [-0.25, -0.2) is 4.79 Å². The van der Waals surface area contributed by atoms with Crippen molar-refractivity contribution in [3.63, 3.8) is 0 Å². The predicted molar refractivity (Wildman–Crippen MR) is 68.1 cm³/mol. The molecule has 7 heteroatoms. The number of carbonyl (C=O) groups excluding carboxylic acids is 2. The van der Waals surface area contributed by atoms with Gasteiger partial charge in [0.1, 0.15) is 6.04 Å². The lowest BCUT2D eigenvalue weighted by molar-refractivity contribution is -0.135. The van der Waals surface area contributed by atoms with Crippen molar-refractivity contribution in [3.8, 4) is 0 Å². The molecule has 0 saturated carbocycles. The number of hydrogen-bond donors (Lipinski definition) is 2. The SMILES string of the molecule is O=C1CCC(n2ncc3ccc(C(=O)O)cc32)C(=O)N1. The van der Waals surface area contributed by atoms with E-state index in [9.17, 15) is 14.4 Å². The van der Waals surface area contributed by atoms with Crippen LogP contribution in [0.5, 0.6) is 0 Å². The van der Waals surface area contributed by atoms with Gasteiger partial charge in [-0.3, -0.25) is 19.6 Å². The summed E-state index contributed by atoms with van der Waals surface area (Å²) in [5.74, 6) is -1.75. The normalized spacial score (nSPS) is 19.1. The molecule has 0 radical (unpaired) electrons. The van der Waals surface area contributed by atoms with Crippen molar-refractivity contribution in [2.75, 3.05) is 0 Å². The number of aromatic carboxylic acids is 1. The highest BCUT2D eigenvalue weighted by molar-refractivity contribution is 6.00. The molecule has 1 unspecified atom stereocenters. The van der Waals surface area contributed by atoms with Crippen LogP contribution in [0.4, 0.5) is 0 Å². The van der Waals surface area contributed by atoms with Crippen LogP contribution in [0.15, 0.2) is 24.4 Å². The Morgan fingerprint density at radius 2 is 2.20 bits per heavy atom. The van der Waals surface area contributed by atoms with Gasteiger partial charge >= 0.3 is 5.97 Å². The number of nitrogens with zero attached hydrogens (tertiary/aromatic N) is 2. The summed E-state index contributed by atoms with van der Waals surface area (Å²) in [5, 5.41) is 16.2. The summed E-state index contributed by atoms with van der Waals surface area (Å²) >= 11 is 0. The third-order valence-electron chi connectivity index (χ3n) is 3.35. The fraction of sp³-hybridized carbons (Fsp3) is 0.231. The molecule has 2 aromatic rings. The van der Waals surface area contributed by atoms with Gasteiger partial charge in [0.2, 0.25) is 5.91 Å². The Labute approximate surface area is 113 Å². The van der Waals surface area contributed by atoms with Gasteiger partial charge in [-0.2, -0.15) is 5.10 Å². The van der Waals surface area contributed by atoms with Gasteiger partial charge < -0.3 is 5.11 Å². The Morgan fingerprint density at radius 3 is 2.90 bits per heavy atom. The van der Waals surface area contributed by atoms with Gasteiger partial charge in [-0.15, -0.1) is 0 Å². The Kier molecular flexibility index (Phi) is 2.74. The van der Waals surface area contributed by atoms with Crippen LogP contribution < -0.4 is 5.32 Å². The van der Waals surface area contributed by atoms with Crippen LogP contribution in [0.3, 0.4) is 0 Å². The molecule has 102 valence electrons. The molecule has 2 N–H and O–H groups in total. The Bertz CT molecular complexity index is 734. The lowest BCUT2D eigenvalue weighted by Crippen LogP contribution is -2.42. The zero-order valence-corrected chi connectivity index (χ0v) is 10.4. The van der Waals surface area contributed by atoms with E-state index in [0.29, 0.717) is 11.9 Å². The smallest absolute Gasteiger partial charge is 0.335 e. The molecule has 1 atom stereocenters. The van der Waals surface area contributed by atoms with Crippen LogP contribution in [-0.2, 0) is 9.59 Å². The molecule has 1 aliphatic rings. The van der Waals surface area contributed by atoms with Crippen LogP contribution >= 0.6 is 0 Å². The fourth-order valence-corrected chi connectivity index (χ4v) is 2.33. The third-order valence-corrected chi connectivity index (χ3v) is 3.35. The lowest BCUT2D eigenvalue weighted by Gasteiger charge is -2.21. The molecule has 1 aromatic carbocycles. The van der Waals surface area contributed by atoms with Crippen molar-refractivity contribution < 1.29 is 19.5 Å². The number of imide groups is 1. The molecule has 1 saturated heterocycles. The average molecular weight is 273 g/mol. The van der Waals surface area contributed by atoms with Gasteiger partial charge in [0.05, 0.1) is 17.3 Å². The molecule has 0 bridgehead atoms. The molecule has 3 rings (SSSR count). The minimum Gasteiger partial charge on any atom is -0.478 e. The first kappa shape index (κ1) is 12.3. The highest BCUT2D eigenvalue weighted by Crippen LogP contribution is 2.24. The summed E-state index contributed by atoms with van der Waals surface area (Å²) < 4.78 is 1.48. The van der Waals surface area contributed by atoms with Crippen molar-refractivity contribution in [1.29, 1.82) is 0 Å². The largest absolute Gasteiger partial charge is 0.478 e. The molecule has 2 heterocycles. The number of nitrogens with one attached hydrogen (secondary N) is 1. The number of benzene rings is 1. The monoisotopic (exact) mass is 273 g/mol. The van der Waals surface area contributed by atoms with Crippen molar-refractivity contribution in [1.82, 2.24) is 15.1 Å². The zero-order valence-electron chi connectivity index (χ0n) is 10.4. The molecule has 1 aliphatic heterocycles. The number of aromatic nitrogens is 2. The number of fused-ring (bicyclic) bond motifs is 1. The zero-order chi connectivity index (χ0) is 14.3. The van der Waals surface area contributed by atoms with E-state index in [1.54, 1.807) is 12.3 Å². The maximum Gasteiger partial charge on any atom is 0.335 e. The van der Waals surface area contributed by atoms with Gasteiger partial charge in [-0.05, 0) is 18.6 Å². The van der Waals surface area contributed by atoms with Crippen LogP contribution in [0.1, 0.15) is 29.2 Å². The molecular weight excluding hydrogens is 262 g/mol. The van der Waals surface area contributed by atoms with Crippen LogP contribution in [0.25, 0.3) is 10.9 Å². The Balaban J connectivity index is 2.07. The molecule has 2 amide bonds. The van der Waals surface area contributed by atoms with Crippen molar-refractivity contribution in [3.05, 3.63) is 30.0 Å². The molecule has 1 fully saturated rings. The molecule has 7 nitrogen and oxygen atoms in total. The van der Waals surface area contributed by atoms with Gasteiger partial charge in [0, 0.05) is 11.8 Å². The summed E-state index contributed by atoms with van der Waals surface area (Å²) in [4.78, 5) is 34.0. The van der Waals surface area contributed by atoms with Crippen LogP contribution in [-0.4, -0.2) is 32.7 Å². The van der Waals surface area contributed by atoms with E-state index in [0.717, 1.165) is 5.39 Å². The van der Waals surface area contributed by atoms with Crippen LogP contribution in [0.2, 0.25) is 0 Å². The second-order valence-electron chi connectivity index (χ2n) is 4.63. The first-order valence-electron chi connectivity index (χ1n) is 6.10. The van der Waals surface area contributed by atoms with Gasteiger partial charge in [0.15, 0.2) is 0 Å². The number of piperidine rings is 1. The number of rotatable bonds is 2. The molecule has 0 spiro atoms. The summed E-state index contributed by atoms with van der Waals surface area (Å²) in [5.41, 5.74) is 0.700. The van der Waals surface area contributed by atoms with Gasteiger partial charge in [0.25, 0.3) is 5.91 Å². The minimum absolute atomic E-state index is 0.131. The quantitative estimate of drug-likeness (QED) is 0.785. The summed E-state index contributed by atoms with van der Waals surface area (Å²) in [6.45, 7) is 0. The fourth-order valence-electron chi connectivity index (χ4n) is 2.33. The van der Waals surface area contributed by atoms with E-state index in [4.69, 9.17) is 5.11 Å². The van der Waals surface area contributed by atoms with Crippen molar-refractivity contribution in [2.45, 2.75) is 18.9 Å². The van der Waals surface area contributed by atoms with E-state index in [1.165, 1.54) is 16.8 Å². The number of carboxylic acids is 1. The first-order valence-corrected chi connectivity index (χ1v) is 6.10. The van der Waals surface area contributed by atoms with Crippen LogP contribution in [0, 0.1) is 0 Å². The molecule has 0 aliphatic carbocycles. The topological polar surface area (TPSA) is 101 Å². The van der Waals surface area contributed by atoms with Crippen molar-refractivity contribution in [2.24, 2.45) is 0 Å². The second kappa shape index (κ2) is 4.44. The predicted octanol–water partition coefficient (Wildman–Crippen LogP) is 0.712. The summed E-state index contributed by atoms with van der Waals surface area (Å²) in [7, 11) is 0. The highest BCUT2D eigenvalue weighted by Gasteiger charge is 2.29. The highest BCUT2D eigenvalue weighted by atomic mass is 16.4. The van der Waals surface area contributed by atoms with E-state index in [1.807, 2.05) is 0 Å². The number of hydrogen-bond acceptors (Lipinski definition) is 4. The second-order valence-corrected chi connectivity index (χ2v) is 4.63. The standard InChI is InChI=1S/C13H11N3O4/c17-11-4-3-9(12(18)15-11)16-10-5-7(13(19)20)1-2-8(10)6-14-16/h1-2,5-6,9H,3-4H2,(H,19,20)(H,15,17,18). The Morgan fingerprint density at radius 1 is 1.40 bits per heavy atom. The van der Waals surface area contributed by atoms with E-state index < -0.39 is 17.9 Å². The molecular formula is C13H11N3O4.